The quantitative estimate of drug-likeness (QED) is 0.500. The third-order valence-corrected chi connectivity index (χ3v) is 5.00. The summed E-state index contributed by atoms with van der Waals surface area (Å²) >= 11 is 0. The summed E-state index contributed by atoms with van der Waals surface area (Å²) in [5, 5.41) is 11.8. The molecular formula is C21H22N4O3. The topological polar surface area (TPSA) is 104 Å². The number of nitro benzene ring substituents is 1. The van der Waals surface area contributed by atoms with Gasteiger partial charge in [-0.25, -0.2) is 4.98 Å². The Hall–Kier alpha value is -3.48. The minimum atomic E-state index is -0.885. The van der Waals surface area contributed by atoms with Gasteiger partial charge in [0.05, 0.1) is 23.2 Å². The lowest BCUT2D eigenvalue weighted by Crippen LogP contribution is -2.24. The van der Waals surface area contributed by atoms with E-state index in [2.05, 4.69) is 4.98 Å². The lowest BCUT2D eigenvalue weighted by Gasteiger charge is -2.20. The summed E-state index contributed by atoms with van der Waals surface area (Å²) in [5.74, 6) is -1.50. The van der Waals surface area contributed by atoms with Crippen molar-refractivity contribution in [2.45, 2.75) is 32.2 Å². The second-order valence-corrected chi connectivity index (χ2v) is 6.70. The van der Waals surface area contributed by atoms with Crippen molar-refractivity contribution >= 4 is 11.6 Å². The van der Waals surface area contributed by atoms with Crippen LogP contribution in [0.1, 0.15) is 47.6 Å². The molecule has 0 spiro atoms. The van der Waals surface area contributed by atoms with Gasteiger partial charge in [-0.05, 0) is 30.0 Å². The van der Waals surface area contributed by atoms with Crippen molar-refractivity contribution in [2.75, 3.05) is 0 Å². The van der Waals surface area contributed by atoms with Gasteiger partial charge in [0.25, 0.3) is 5.69 Å². The molecule has 0 aliphatic rings. The van der Waals surface area contributed by atoms with E-state index >= 15 is 0 Å². The van der Waals surface area contributed by atoms with Crippen molar-refractivity contribution in [3.05, 3.63) is 93.6 Å². The van der Waals surface area contributed by atoms with Crippen LogP contribution in [-0.2, 0) is 4.79 Å². The number of benzene rings is 2. The van der Waals surface area contributed by atoms with E-state index in [0.717, 1.165) is 17.5 Å². The molecule has 144 valence electrons. The number of rotatable bonds is 7. The number of carbonyl (C=O) groups is 1. The normalized spacial score (nSPS) is 13.1. The summed E-state index contributed by atoms with van der Waals surface area (Å²) in [6.07, 6.45) is 5.93. The molecule has 1 aromatic heterocycles. The monoisotopic (exact) mass is 378 g/mol. The molecule has 0 saturated carbocycles. The average Bonchev–Trinajstić information content (AvgIpc) is 3.19. The van der Waals surface area contributed by atoms with Crippen LogP contribution in [0, 0.1) is 17.0 Å². The van der Waals surface area contributed by atoms with Crippen LogP contribution >= 0.6 is 0 Å². The summed E-state index contributed by atoms with van der Waals surface area (Å²) < 4.78 is 1.91. The second kappa shape index (κ2) is 8.04. The zero-order valence-corrected chi connectivity index (χ0v) is 15.8. The van der Waals surface area contributed by atoms with E-state index < -0.39 is 16.7 Å². The molecule has 0 aliphatic heterocycles. The van der Waals surface area contributed by atoms with Gasteiger partial charge in [0.1, 0.15) is 0 Å². The van der Waals surface area contributed by atoms with E-state index in [1.165, 1.54) is 6.07 Å². The van der Waals surface area contributed by atoms with E-state index in [1.807, 2.05) is 42.8 Å². The van der Waals surface area contributed by atoms with Crippen molar-refractivity contribution in [2.24, 2.45) is 5.73 Å². The average molecular weight is 378 g/mol. The van der Waals surface area contributed by atoms with Crippen LogP contribution in [0.15, 0.2) is 61.2 Å². The van der Waals surface area contributed by atoms with Crippen LogP contribution in [-0.4, -0.2) is 20.4 Å². The summed E-state index contributed by atoms with van der Waals surface area (Å²) in [7, 11) is 0. The summed E-state index contributed by atoms with van der Waals surface area (Å²) in [4.78, 5) is 27.7. The molecule has 1 heterocycles. The highest BCUT2D eigenvalue weighted by Crippen LogP contribution is 2.36. The van der Waals surface area contributed by atoms with Gasteiger partial charge in [-0.15, -0.1) is 0 Å². The number of nitro groups is 1. The van der Waals surface area contributed by atoms with Gasteiger partial charge in [-0.3, -0.25) is 14.9 Å². The third kappa shape index (κ3) is 3.64. The molecule has 28 heavy (non-hydrogen) atoms. The summed E-state index contributed by atoms with van der Waals surface area (Å²) in [6, 6.07) is 12.2. The number of hydrogen-bond acceptors (Lipinski definition) is 4. The van der Waals surface area contributed by atoms with Gasteiger partial charge in [0, 0.05) is 24.0 Å². The molecule has 0 bridgehead atoms. The molecule has 1 amide bonds. The Morgan fingerprint density at radius 3 is 2.57 bits per heavy atom. The standard InChI is InChI=1S/C21H22N4O3/c1-3-18(24-11-10-23-13-24)15-8-9-17(19(12-15)25(27)28)20(21(22)26)16-7-5-4-6-14(16)2/h4-13,18,20H,3H2,1-2H3,(H2,22,26). The molecule has 2 atom stereocenters. The van der Waals surface area contributed by atoms with E-state index in [4.69, 9.17) is 5.73 Å². The first-order chi connectivity index (χ1) is 13.4. The largest absolute Gasteiger partial charge is 0.369 e. The summed E-state index contributed by atoms with van der Waals surface area (Å²) in [5.41, 5.74) is 8.17. The molecule has 7 heteroatoms. The van der Waals surface area contributed by atoms with Crippen molar-refractivity contribution in [3.8, 4) is 0 Å². The van der Waals surface area contributed by atoms with E-state index in [-0.39, 0.29) is 11.7 Å². The Morgan fingerprint density at radius 2 is 2.00 bits per heavy atom. The first kappa shape index (κ1) is 19.3. The van der Waals surface area contributed by atoms with Gasteiger partial charge in [0.2, 0.25) is 5.91 Å². The van der Waals surface area contributed by atoms with E-state index in [0.29, 0.717) is 11.1 Å². The second-order valence-electron chi connectivity index (χ2n) is 6.70. The maximum atomic E-state index is 12.3. The Kier molecular flexibility index (Phi) is 5.54. The zero-order valence-electron chi connectivity index (χ0n) is 15.8. The molecule has 7 nitrogen and oxygen atoms in total. The van der Waals surface area contributed by atoms with Crippen molar-refractivity contribution < 1.29 is 9.72 Å². The lowest BCUT2D eigenvalue weighted by atomic mass is 9.86. The van der Waals surface area contributed by atoms with Gasteiger partial charge in [-0.2, -0.15) is 0 Å². The smallest absolute Gasteiger partial charge is 0.274 e. The van der Waals surface area contributed by atoms with E-state index in [1.54, 1.807) is 30.7 Å². The maximum Gasteiger partial charge on any atom is 0.274 e. The minimum absolute atomic E-state index is 0.0826. The molecule has 2 aromatic carbocycles. The van der Waals surface area contributed by atoms with Gasteiger partial charge in [-0.1, -0.05) is 43.3 Å². The fraction of sp³-hybridized carbons (Fsp3) is 0.238. The Labute approximate surface area is 163 Å². The van der Waals surface area contributed by atoms with Crippen LogP contribution in [0.5, 0.6) is 0 Å². The Balaban J connectivity index is 2.14. The number of aromatic nitrogens is 2. The SMILES string of the molecule is CCC(c1ccc(C(C(N)=O)c2ccccc2C)c([N+](=O)[O-])c1)n1ccnc1. The fourth-order valence-electron chi connectivity index (χ4n) is 3.63. The van der Waals surface area contributed by atoms with Gasteiger partial charge >= 0.3 is 0 Å². The van der Waals surface area contributed by atoms with Crippen LogP contribution in [0.25, 0.3) is 0 Å². The molecule has 2 N–H and O–H groups in total. The molecule has 0 aliphatic carbocycles. The first-order valence-corrected chi connectivity index (χ1v) is 9.04. The molecule has 3 aromatic rings. The van der Waals surface area contributed by atoms with Crippen LogP contribution in [0.3, 0.4) is 0 Å². The number of carbonyl (C=O) groups excluding carboxylic acids is 1. The lowest BCUT2D eigenvalue weighted by molar-refractivity contribution is -0.385. The molecule has 0 radical (unpaired) electrons. The highest BCUT2D eigenvalue weighted by molar-refractivity contribution is 5.87. The van der Waals surface area contributed by atoms with Crippen LogP contribution in [0.4, 0.5) is 5.69 Å². The number of primary amides is 1. The molecule has 0 saturated heterocycles. The zero-order chi connectivity index (χ0) is 20.3. The number of aryl methyl sites for hydroxylation is 1. The highest BCUT2D eigenvalue weighted by atomic mass is 16.6. The van der Waals surface area contributed by atoms with Crippen LogP contribution < -0.4 is 5.73 Å². The number of nitrogens with two attached hydrogens (primary N) is 1. The van der Waals surface area contributed by atoms with Crippen molar-refractivity contribution in [1.82, 2.24) is 9.55 Å². The van der Waals surface area contributed by atoms with Crippen molar-refractivity contribution in [1.29, 1.82) is 0 Å². The van der Waals surface area contributed by atoms with Crippen molar-refractivity contribution in [3.63, 3.8) is 0 Å². The van der Waals surface area contributed by atoms with E-state index in [9.17, 15) is 14.9 Å². The Bertz CT molecular complexity index is 999. The van der Waals surface area contributed by atoms with Crippen LogP contribution in [0.2, 0.25) is 0 Å². The predicted molar refractivity (Wildman–Crippen MR) is 106 cm³/mol. The number of imidazole rings is 1. The van der Waals surface area contributed by atoms with Gasteiger partial charge in [0.15, 0.2) is 0 Å². The molecule has 3 rings (SSSR count). The maximum absolute atomic E-state index is 12.3. The number of nitrogens with zero attached hydrogens (tertiary/aromatic N) is 3. The fourth-order valence-corrected chi connectivity index (χ4v) is 3.63. The Morgan fingerprint density at radius 1 is 1.25 bits per heavy atom. The molecule has 2 unspecified atom stereocenters. The molecular weight excluding hydrogens is 356 g/mol. The first-order valence-electron chi connectivity index (χ1n) is 9.04. The third-order valence-electron chi connectivity index (χ3n) is 5.00. The number of hydrogen-bond donors (Lipinski definition) is 1. The summed E-state index contributed by atoms with van der Waals surface area (Å²) in [6.45, 7) is 3.86. The van der Waals surface area contributed by atoms with Gasteiger partial charge < -0.3 is 10.3 Å². The predicted octanol–water partition coefficient (Wildman–Crippen LogP) is 3.72. The minimum Gasteiger partial charge on any atom is -0.369 e. The number of amides is 1. The highest BCUT2D eigenvalue weighted by Gasteiger charge is 2.30. The molecule has 0 fully saturated rings.